The smallest absolute Gasteiger partial charge is 0.166 e. The number of aromatic amines is 1. The minimum atomic E-state index is 0.539. The normalized spacial score (nSPS) is 10.4. The van der Waals surface area contributed by atoms with Crippen LogP contribution in [0.3, 0.4) is 0 Å². The third kappa shape index (κ3) is 2.26. The first-order valence-corrected chi connectivity index (χ1v) is 6.66. The minimum absolute atomic E-state index is 0.539. The lowest BCUT2D eigenvalue weighted by molar-refractivity contribution is 0.112. The van der Waals surface area contributed by atoms with E-state index in [4.69, 9.17) is 11.6 Å². The van der Waals surface area contributed by atoms with Gasteiger partial charge in [0, 0.05) is 21.8 Å². The molecule has 0 aliphatic rings. The van der Waals surface area contributed by atoms with E-state index in [0.717, 1.165) is 28.7 Å². The van der Waals surface area contributed by atoms with Gasteiger partial charge in [-0.15, -0.1) is 0 Å². The first kappa shape index (κ1) is 12.7. The molecule has 0 saturated carbocycles. The Bertz CT molecular complexity index is 747. The van der Waals surface area contributed by atoms with Crippen LogP contribution in [0.1, 0.15) is 10.5 Å². The summed E-state index contributed by atoms with van der Waals surface area (Å²) in [6.45, 7) is 0. The molecular weight excluding hydrogens is 270 g/mol. The quantitative estimate of drug-likeness (QED) is 0.686. The standard InChI is InChI=1S/C17H12ClNO/c18-15-9-5-4-8-13(15)14-10-16(19-17(14)11-20)12-6-2-1-3-7-12/h1-11,19H. The Hall–Kier alpha value is -2.32. The Kier molecular flexibility index (Phi) is 3.40. The molecule has 1 heterocycles. The Morgan fingerprint density at radius 2 is 1.60 bits per heavy atom. The fraction of sp³-hybridized carbons (Fsp3) is 0. The van der Waals surface area contributed by atoms with Gasteiger partial charge in [0.25, 0.3) is 0 Å². The molecule has 0 aliphatic carbocycles. The van der Waals surface area contributed by atoms with Crippen LogP contribution in [-0.4, -0.2) is 11.3 Å². The third-order valence-corrected chi connectivity index (χ3v) is 3.54. The van der Waals surface area contributed by atoms with Crippen molar-refractivity contribution in [2.24, 2.45) is 0 Å². The van der Waals surface area contributed by atoms with Crippen molar-refractivity contribution in [1.29, 1.82) is 0 Å². The topological polar surface area (TPSA) is 32.9 Å². The van der Waals surface area contributed by atoms with Crippen molar-refractivity contribution in [3.63, 3.8) is 0 Å². The Morgan fingerprint density at radius 1 is 0.900 bits per heavy atom. The number of H-pyrrole nitrogens is 1. The van der Waals surface area contributed by atoms with Crippen LogP contribution in [0.2, 0.25) is 5.02 Å². The van der Waals surface area contributed by atoms with Gasteiger partial charge in [0.1, 0.15) is 0 Å². The highest BCUT2D eigenvalue weighted by atomic mass is 35.5. The maximum atomic E-state index is 11.3. The molecule has 0 unspecified atom stereocenters. The van der Waals surface area contributed by atoms with Crippen molar-refractivity contribution in [2.45, 2.75) is 0 Å². The van der Waals surface area contributed by atoms with Gasteiger partial charge in [-0.25, -0.2) is 0 Å². The molecule has 1 N–H and O–H groups in total. The van der Waals surface area contributed by atoms with Crippen molar-refractivity contribution in [3.05, 3.63) is 71.4 Å². The molecule has 3 aromatic rings. The van der Waals surface area contributed by atoms with E-state index in [9.17, 15) is 4.79 Å². The molecule has 0 fully saturated rings. The van der Waals surface area contributed by atoms with Gasteiger partial charge in [-0.05, 0) is 17.7 Å². The zero-order chi connectivity index (χ0) is 13.9. The second-order valence-corrected chi connectivity index (χ2v) is 4.88. The number of rotatable bonds is 3. The van der Waals surface area contributed by atoms with E-state index in [1.165, 1.54) is 0 Å². The predicted molar refractivity (Wildman–Crippen MR) is 82.1 cm³/mol. The zero-order valence-electron chi connectivity index (χ0n) is 10.6. The number of aromatic nitrogens is 1. The van der Waals surface area contributed by atoms with E-state index in [1.54, 1.807) is 0 Å². The second kappa shape index (κ2) is 5.35. The van der Waals surface area contributed by atoms with Crippen LogP contribution >= 0.6 is 11.6 Å². The van der Waals surface area contributed by atoms with Crippen LogP contribution in [0.25, 0.3) is 22.4 Å². The van der Waals surface area contributed by atoms with Gasteiger partial charge in [0.15, 0.2) is 6.29 Å². The fourth-order valence-electron chi connectivity index (χ4n) is 2.24. The van der Waals surface area contributed by atoms with Gasteiger partial charge in [-0.1, -0.05) is 60.1 Å². The number of hydrogen-bond acceptors (Lipinski definition) is 1. The van der Waals surface area contributed by atoms with E-state index in [0.29, 0.717) is 10.7 Å². The number of nitrogens with one attached hydrogen (secondary N) is 1. The predicted octanol–water partition coefficient (Wildman–Crippen LogP) is 4.81. The van der Waals surface area contributed by atoms with E-state index < -0.39 is 0 Å². The monoisotopic (exact) mass is 281 g/mol. The fourth-order valence-corrected chi connectivity index (χ4v) is 2.48. The Balaban J connectivity index is 2.16. The summed E-state index contributed by atoms with van der Waals surface area (Å²) < 4.78 is 0. The molecule has 2 nitrogen and oxygen atoms in total. The SMILES string of the molecule is O=Cc1[nH]c(-c2ccccc2)cc1-c1ccccc1Cl. The summed E-state index contributed by atoms with van der Waals surface area (Å²) >= 11 is 6.21. The number of carbonyl (C=O) groups is 1. The van der Waals surface area contributed by atoms with Gasteiger partial charge in [-0.2, -0.15) is 0 Å². The summed E-state index contributed by atoms with van der Waals surface area (Å²) in [6, 6.07) is 19.4. The lowest BCUT2D eigenvalue weighted by Crippen LogP contribution is -1.85. The van der Waals surface area contributed by atoms with Crippen molar-refractivity contribution in [1.82, 2.24) is 4.98 Å². The highest BCUT2D eigenvalue weighted by Crippen LogP contribution is 2.33. The van der Waals surface area contributed by atoms with Crippen LogP contribution in [-0.2, 0) is 0 Å². The summed E-state index contributed by atoms with van der Waals surface area (Å²) in [7, 11) is 0. The number of hydrogen-bond donors (Lipinski definition) is 1. The van der Waals surface area contributed by atoms with E-state index in [1.807, 2.05) is 60.7 Å². The molecule has 3 heteroatoms. The van der Waals surface area contributed by atoms with Crippen molar-refractivity contribution >= 4 is 17.9 Å². The summed E-state index contributed by atoms with van der Waals surface area (Å²) in [5.74, 6) is 0. The molecule has 0 bridgehead atoms. The maximum absolute atomic E-state index is 11.3. The summed E-state index contributed by atoms with van der Waals surface area (Å²) in [4.78, 5) is 14.4. The number of carbonyl (C=O) groups excluding carboxylic acids is 1. The van der Waals surface area contributed by atoms with E-state index in [-0.39, 0.29) is 0 Å². The van der Waals surface area contributed by atoms with Crippen LogP contribution < -0.4 is 0 Å². The average molecular weight is 282 g/mol. The molecule has 0 saturated heterocycles. The minimum Gasteiger partial charge on any atom is -0.352 e. The maximum Gasteiger partial charge on any atom is 0.166 e. The number of halogens is 1. The molecular formula is C17H12ClNO. The molecule has 3 rings (SSSR count). The molecule has 2 aromatic carbocycles. The molecule has 0 radical (unpaired) electrons. The number of benzene rings is 2. The summed E-state index contributed by atoms with van der Waals surface area (Å²) in [5.41, 5.74) is 4.16. The van der Waals surface area contributed by atoms with Crippen LogP contribution in [0, 0.1) is 0 Å². The molecule has 0 spiro atoms. The highest BCUT2D eigenvalue weighted by Gasteiger charge is 2.12. The lowest BCUT2D eigenvalue weighted by atomic mass is 10.1. The van der Waals surface area contributed by atoms with Gasteiger partial charge in [0.2, 0.25) is 0 Å². The first-order valence-electron chi connectivity index (χ1n) is 6.28. The van der Waals surface area contributed by atoms with E-state index in [2.05, 4.69) is 4.98 Å². The molecule has 0 atom stereocenters. The van der Waals surface area contributed by atoms with Crippen molar-refractivity contribution < 1.29 is 4.79 Å². The Labute approximate surface area is 122 Å². The largest absolute Gasteiger partial charge is 0.352 e. The highest BCUT2D eigenvalue weighted by molar-refractivity contribution is 6.33. The molecule has 98 valence electrons. The number of aldehydes is 1. The van der Waals surface area contributed by atoms with Gasteiger partial charge >= 0.3 is 0 Å². The molecule has 0 aliphatic heterocycles. The van der Waals surface area contributed by atoms with Crippen LogP contribution in [0.5, 0.6) is 0 Å². The van der Waals surface area contributed by atoms with E-state index >= 15 is 0 Å². The van der Waals surface area contributed by atoms with Gasteiger partial charge in [-0.3, -0.25) is 4.79 Å². The van der Waals surface area contributed by atoms with Crippen LogP contribution in [0.4, 0.5) is 0 Å². The second-order valence-electron chi connectivity index (χ2n) is 4.47. The van der Waals surface area contributed by atoms with Gasteiger partial charge in [0.05, 0.1) is 5.69 Å². The molecule has 0 amide bonds. The zero-order valence-corrected chi connectivity index (χ0v) is 11.4. The summed E-state index contributed by atoms with van der Waals surface area (Å²) in [6.07, 6.45) is 0.825. The Morgan fingerprint density at radius 3 is 2.30 bits per heavy atom. The summed E-state index contributed by atoms with van der Waals surface area (Å²) in [5, 5.41) is 0.634. The lowest BCUT2D eigenvalue weighted by Gasteiger charge is -2.01. The molecule has 1 aromatic heterocycles. The van der Waals surface area contributed by atoms with Crippen LogP contribution in [0.15, 0.2) is 60.7 Å². The third-order valence-electron chi connectivity index (χ3n) is 3.21. The van der Waals surface area contributed by atoms with Gasteiger partial charge < -0.3 is 4.98 Å². The van der Waals surface area contributed by atoms with Crippen molar-refractivity contribution in [3.8, 4) is 22.4 Å². The van der Waals surface area contributed by atoms with Crippen molar-refractivity contribution in [2.75, 3.05) is 0 Å². The molecule has 20 heavy (non-hydrogen) atoms. The average Bonchev–Trinajstić information content (AvgIpc) is 2.93. The first-order chi connectivity index (χ1) is 9.79.